The molecule has 1 N–H and O–H groups in total. The van der Waals surface area contributed by atoms with Crippen molar-refractivity contribution in [2.45, 2.75) is 13.8 Å². The van der Waals surface area contributed by atoms with Crippen molar-refractivity contribution in [2.75, 3.05) is 11.9 Å². The van der Waals surface area contributed by atoms with Crippen LogP contribution >= 0.6 is 11.3 Å². The molecule has 25 heavy (non-hydrogen) atoms. The number of thiazole rings is 1. The van der Waals surface area contributed by atoms with Crippen LogP contribution in [0.25, 0.3) is 11.3 Å². The number of anilines is 1. The van der Waals surface area contributed by atoms with Crippen LogP contribution in [0.3, 0.4) is 0 Å². The highest BCUT2D eigenvalue weighted by molar-refractivity contribution is 7.16. The molecule has 0 saturated heterocycles. The van der Waals surface area contributed by atoms with Crippen LogP contribution in [0.1, 0.15) is 11.8 Å². The Labute approximate surface area is 150 Å². The molecule has 0 spiro atoms. The van der Waals surface area contributed by atoms with E-state index >= 15 is 0 Å². The highest BCUT2D eigenvalue weighted by Crippen LogP contribution is 2.31. The Balaban J connectivity index is 1.70. The number of aryl methyl sites for hydroxylation is 1. The number of para-hydroxylation sites is 1. The van der Waals surface area contributed by atoms with Crippen LogP contribution in [0, 0.1) is 6.92 Å². The van der Waals surface area contributed by atoms with E-state index in [2.05, 4.69) is 10.3 Å². The second kappa shape index (κ2) is 7.81. The fraction of sp³-hybridized carbons (Fsp3) is 0.158. The molecule has 0 aliphatic carbocycles. The average Bonchev–Trinajstić information content (AvgIpc) is 2.97. The van der Waals surface area contributed by atoms with Crippen LogP contribution < -0.4 is 14.8 Å². The second-order valence-corrected chi connectivity index (χ2v) is 6.41. The van der Waals surface area contributed by atoms with Crippen LogP contribution in [-0.2, 0) is 0 Å². The Morgan fingerprint density at radius 3 is 2.48 bits per heavy atom. The van der Waals surface area contributed by atoms with Gasteiger partial charge in [-0.25, -0.2) is 9.78 Å². The van der Waals surface area contributed by atoms with Gasteiger partial charge in [0.05, 0.1) is 12.3 Å². The maximum atomic E-state index is 12.0. The van der Waals surface area contributed by atoms with E-state index in [-0.39, 0.29) is 0 Å². The number of nitrogens with zero attached hydrogens (tertiary/aromatic N) is 1. The topological polar surface area (TPSA) is 60.5 Å². The van der Waals surface area contributed by atoms with Crippen LogP contribution in [0.4, 0.5) is 9.93 Å². The summed E-state index contributed by atoms with van der Waals surface area (Å²) in [7, 11) is 0. The minimum atomic E-state index is -0.557. The number of nitrogens with one attached hydrogen (secondary N) is 1. The molecule has 0 unspecified atom stereocenters. The van der Waals surface area contributed by atoms with Gasteiger partial charge in [-0.1, -0.05) is 18.2 Å². The summed E-state index contributed by atoms with van der Waals surface area (Å²) in [5.41, 5.74) is 1.81. The Morgan fingerprint density at radius 1 is 1.08 bits per heavy atom. The minimum Gasteiger partial charge on any atom is -0.494 e. The maximum Gasteiger partial charge on any atom is 0.418 e. The molecular weight excluding hydrogens is 336 g/mol. The lowest BCUT2D eigenvalue weighted by Crippen LogP contribution is -2.16. The summed E-state index contributed by atoms with van der Waals surface area (Å²) in [6.45, 7) is 4.55. The fourth-order valence-electron chi connectivity index (χ4n) is 2.30. The lowest BCUT2D eigenvalue weighted by molar-refractivity contribution is 0.215. The van der Waals surface area contributed by atoms with Crippen molar-refractivity contribution in [3.8, 4) is 22.8 Å². The van der Waals surface area contributed by atoms with E-state index in [9.17, 15) is 4.79 Å². The van der Waals surface area contributed by atoms with Gasteiger partial charge < -0.3 is 9.47 Å². The minimum absolute atomic E-state index is 0.486. The largest absolute Gasteiger partial charge is 0.494 e. The molecule has 0 radical (unpaired) electrons. The number of carbonyl (C=O) groups is 1. The average molecular weight is 354 g/mol. The standard InChI is InChI=1S/C19H18N2O3S/c1-3-23-15-11-9-14(10-12-15)17-13(2)25-18(20-17)21-19(22)24-16-7-5-4-6-8-16/h4-12H,3H2,1-2H3,(H,20,21,22). The van der Waals surface area contributed by atoms with Crippen molar-refractivity contribution in [2.24, 2.45) is 0 Å². The van der Waals surface area contributed by atoms with Crippen LogP contribution in [-0.4, -0.2) is 17.7 Å². The Morgan fingerprint density at radius 2 is 1.80 bits per heavy atom. The molecule has 6 heteroatoms. The molecule has 0 fully saturated rings. The van der Waals surface area contributed by atoms with E-state index in [1.807, 2.05) is 44.2 Å². The first-order valence-electron chi connectivity index (χ1n) is 7.90. The summed E-state index contributed by atoms with van der Waals surface area (Å²) in [6, 6.07) is 16.6. The molecule has 0 bridgehead atoms. The molecular formula is C19H18N2O3S. The molecule has 1 heterocycles. The van der Waals surface area contributed by atoms with Crippen molar-refractivity contribution in [1.82, 2.24) is 4.98 Å². The zero-order valence-electron chi connectivity index (χ0n) is 14.0. The van der Waals surface area contributed by atoms with Crippen molar-refractivity contribution >= 4 is 22.6 Å². The number of ether oxygens (including phenoxy) is 2. The van der Waals surface area contributed by atoms with Crippen molar-refractivity contribution < 1.29 is 14.3 Å². The first-order valence-corrected chi connectivity index (χ1v) is 8.72. The summed E-state index contributed by atoms with van der Waals surface area (Å²) in [5.74, 6) is 1.31. The number of hydrogen-bond donors (Lipinski definition) is 1. The quantitative estimate of drug-likeness (QED) is 0.690. The maximum absolute atomic E-state index is 12.0. The first kappa shape index (κ1) is 17.0. The monoisotopic (exact) mass is 354 g/mol. The molecule has 0 saturated carbocycles. The van der Waals surface area contributed by atoms with Gasteiger partial charge in [0.15, 0.2) is 5.13 Å². The van der Waals surface area contributed by atoms with Gasteiger partial charge in [0.25, 0.3) is 0 Å². The van der Waals surface area contributed by atoms with Gasteiger partial charge in [-0.15, -0.1) is 11.3 Å². The highest BCUT2D eigenvalue weighted by atomic mass is 32.1. The molecule has 3 rings (SSSR count). The predicted octanol–water partition coefficient (Wildman–Crippen LogP) is 5.13. The number of aromatic nitrogens is 1. The summed E-state index contributed by atoms with van der Waals surface area (Å²) < 4.78 is 10.7. The second-order valence-electron chi connectivity index (χ2n) is 5.21. The van der Waals surface area contributed by atoms with Gasteiger partial charge >= 0.3 is 6.09 Å². The molecule has 1 amide bonds. The zero-order chi connectivity index (χ0) is 17.6. The summed E-state index contributed by atoms with van der Waals surface area (Å²) in [4.78, 5) is 17.5. The van der Waals surface area contributed by atoms with Gasteiger partial charge in [-0.05, 0) is 50.2 Å². The van der Waals surface area contributed by atoms with E-state index in [0.717, 1.165) is 21.9 Å². The SMILES string of the molecule is CCOc1ccc(-c2nc(NC(=O)Oc3ccccc3)sc2C)cc1. The Hall–Kier alpha value is -2.86. The van der Waals surface area contributed by atoms with E-state index in [0.29, 0.717) is 17.5 Å². The smallest absolute Gasteiger partial charge is 0.418 e. The molecule has 1 aromatic heterocycles. The number of benzene rings is 2. The van der Waals surface area contributed by atoms with E-state index in [1.165, 1.54) is 11.3 Å². The Kier molecular flexibility index (Phi) is 5.30. The third kappa shape index (κ3) is 4.36. The molecule has 0 aliphatic heterocycles. The summed E-state index contributed by atoms with van der Waals surface area (Å²) in [5, 5.41) is 3.18. The molecule has 2 aromatic carbocycles. The van der Waals surface area contributed by atoms with Gasteiger partial charge in [-0.3, -0.25) is 5.32 Å². The van der Waals surface area contributed by atoms with Crippen LogP contribution in [0.5, 0.6) is 11.5 Å². The number of rotatable bonds is 5. The lowest BCUT2D eigenvalue weighted by atomic mass is 10.1. The third-order valence-corrected chi connectivity index (χ3v) is 4.28. The third-order valence-electron chi connectivity index (χ3n) is 3.40. The molecule has 0 atom stereocenters. The van der Waals surface area contributed by atoms with Crippen LogP contribution in [0.2, 0.25) is 0 Å². The van der Waals surface area contributed by atoms with E-state index in [1.54, 1.807) is 24.3 Å². The summed E-state index contributed by atoms with van der Waals surface area (Å²) in [6.07, 6.45) is -0.557. The Bertz CT molecular complexity index is 845. The lowest BCUT2D eigenvalue weighted by Gasteiger charge is -2.04. The molecule has 3 aromatic rings. The highest BCUT2D eigenvalue weighted by Gasteiger charge is 2.13. The predicted molar refractivity (Wildman–Crippen MR) is 99.5 cm³/mol. The van der Waals surface area contributed by atoms with Gasteiger partial charge in [0.1, 0.15) is 11.5 Å². The molecule has 5 nitrogen and oxygen atoms in total. The number of hydrogen-bond acceptors (Lipinski definition) is 5. The number of amides is 1. The fourth-order valence-corrected chi connectivity index (χ4v) is 3.12. The van der Waals surface area contributed by atoms with Crippen LogP contribution in [0.15, 0.2) is 54.6 Å². The molecule has 128 valence electrons. The first-order chi connectivity index (χ1) is 12.2. The zero-order valence-corrected chi connectivity index (χ0v) is 14.8. The summed E-state index contributed by atoms with van der Waals surface area (Å²) >= 11 is 1.41. The molecule has 0 aliphatic rings. The van der Waals surface area contributed by atoms with Gasteiger partial charge in [0, 0.05) is 10.4 Å². The van der Waals surface area contributed by atoms with Crippen molar-refractivity contribution in [1.29, 1.82) is 0 Å². The normalized spacial score (nSPS) is 10.3. The van der Waals surface area contributed by atoms with E-state index < -0.39 is 6.09 Å². The van der Waals surface area contributed by atoms with E-state index in [4.69, 9.17) is 9.47 Å². The van der Waals surface area contributed by atoms with Gasteiger partial charge in [-0.2, -0.15) is 0 Å². The van der Waals surface area contributed by atoms with Crippen molar-refractivity contribution in [3.05, 3.63) is 59.5 Å². The van der Waals surface area contributed by atoms with Gasteiger partial charge in [0.2, 0.25) is 0 Å². The van der Waals surface area contributed by atoms with Crippen molar-refractivity contribution in [3.63, 3.8) is 0 Å². The number of carbonyl (C=O) groups excluding carboxylic acids is 1.